The van der Waals surface area contributed by atoms with Gasteiger partial charge in [0.25, 0.3) is 0 Å². The number of rotatable bonds is 13. The van der Waals surface area contributed by atoms with E-state index in [1.165, 1.54) is 0 Å². The summed E-state index contributed by atoms with van der Waals surface area (Å²) in [5, 5.41) is 21.7. The summed E-state index contributed by atoms with van der Waals surface area (Å²) in [5.41, 5.74) is 1.51. The Labute approximate surface area is 240 Å². The van der Waals surface area contributed by atoms with Gasteiger partial charge in [0, 0.05) is 19.5 Å². The first-order valence-electron chi connectivity index (χ1n) is 14.4. The van der Waals surface area contributed by atoms with E-state index in [1.54, 1.807) is 39.0 Å². The Bertz CT molecular complexity index is 1170. The van der Waals surface area contributed by atoms with Gasteiger partial charge < -0.3 is 35.8 Å². The van der Waals surface area contributed by atoms with Gasteiger partial charge in [0.15, 0.2) is 5.78 Å². The molecule has 0 radical (unpaired) electrons. The number of hydrogen-bond donors (Lipinski definition) is 5. The molecule has 5 atom stereocenters. The van der Waals surface area contributed by atoms with Crippen molar-refractivity contribution in [2.24, 2.45) is 0 Å². The van der Waals surface area contributed by atoms with Crippen LogP contribution in [0.25, 0.3) is 0 Å². The molecule has 11 heteroatoms. The van der Waals surface area contributed by atoms with Gasteiger partial charge >= 0.3 is 0 Å². The van der Waals surface area contributed by atoms with Crippen LogP contribution in [0.4, 0.5) is 0 Å². The maximum absolute atomic E-state index is 13.7. The van der Waals surface area contributed by atoms with Crippen molar-refractivity contribution in [3.05, 3.63) is 41.0 Å². The first-order chi connectivity index (χ1) is 19.5. The number of carbonyl (C=O) groups excluding carboxylic acids is 4. The zero-order valence-corrected chi connectivity index (χ0v) is 24.1. The van der Waals surface area contributed by atoms with Crippen molar-refractivity contribution in [2.45, 2.75) is 89.1 Å². The number of hydrogen-bond acceptors (Lipinski definition) is 8. The number of amides is 3. The molecular formula is C30H42N4O7. The van der Waals surface area contributed by atoms with Crippen LogP contribution in [0.15, 0.2) is 29.8 Å². The molecule has 0 bridgehead atoms. The van der Waals surface area contributed by atoms with Crippen LogP contribution >= 0.6 is 0 Å². The molecule has 1 aromatic carbocycles. The highest BCUT2D eigenvalue weighted by Gasteiger charge is 2.50. The number of aromatic hydroxyl groups is 1. The van der Waals surface area contributed by atoms with Gasteiger partial charge in [0.2, 0.25) is 17.7 Å². The normalized spacial score (nSPS) is 24.0. The molecule has 2 heterocycles. The summed E-state index contributed by atoms with van der Waals surface area (Å²) in [6.07, 6.45) is 5.24. The Hall–Kier alpha value is -3.28. The van der Waals surface area contributed by atoms with Crippen molar-refractivity contribution < 1.29 is 33.8 Å². The average Bonchev–Trinajstić information content (AvgIpc) is 3.48. The Morgan fingerprint density at radius 3 is 2.51 bits per heavy atom. The molecule has 224 valence electrons. The smallest absolute Gasteiger partial charge is 0.243 e. The first-order valence-corrected chi connectivity index (χ1v) is 14.4. The summed E-state index contributed by atoms with van der Waals surface area (Å²) in [5.74, 6) is -1.53. The number of benzene rings is 1. The molecule has 5 N–H and O–H groups in total. The third kappa shape index (κ3) is 8.61. The second-order valence-corrected chi connectivity index (χ2v) is 11.5. The van der Waals surface area contributed by atoms with Crippen LogP contribution in [0.1, 0.15) is 57.1 Å². The van der Waals surface area contributed by atoms with Crippen LogP contribution in [0.5, 0.6) is 5.75 Å². The summed E-state index contributed by atoms with van der Waals surface area (Å²) in [4.78, 5) is 52.6. The van der Waals surface area contributed by atoms with Crippen molar-refractivity contribution in [3.8, 4) is 5.75 Å². The van der Waals surface area contributed by atoms with Crippen molar-refractivity contribution in [3.63, 3.8) is 0 Å². The lowest BCUT2D eigenvalue weighted by atomic mass is 9.94. The highest BCUT2D eigenvalue weighted by atomic mass is 16.6. The first kappa shape index (κ1) is 30.7. The van der Waals surface area contributed by atoms with Crippen molar-refractivity contribution >= 4 is 23.5 Å². The van der Waals surface area contributed by atoms with Gasteiger partial charge in [-0.15, -0.1) is 0 Å². The number of ketones is 1. The number of allylic oxidation sites excluding steroid dienone is 1. The third-order valence-corrected chi connectivity index (χ3v) is 7.87. The van der Waals surface area contributed by atoms with Crippen LogP contribution in [-0.2, 0) is 35.1 Å². The van der Waals surface area contributed by atoms with E-state index in [0.29, 0.717) is 37.3 Å². The fourth-order valence-corrected chi connectivity index (χ4v) is 5.13. The van der Waals surface area contributed by atoms with E-state index in [2.05, 4.69) is 27.3 Å². The number of epoxide rings is 1. The largest absolute Gasteiger partial charge is 0.508 e. The number of morpholine rings is 1. The summed E-state index contributed by atoms with van der Waals surface area (Å²) >= 11 is 0. The van der Waals surface area contributed by atoms with Gasteiger partial charge in [0.05, 0.1) is 31.8 Å². The number of ether oxygens (including phenoxy) is 2. The summed E-state index contributed by atoms with van der Waals surface area (Å²) < 4.78 is 10.9. The van der Waals surface area contributed by atoms with Crippen LogP contribution in [0, 0.1) is 6.92 Å². The predicted octanol–water partition coefficient (Wildman–Crippen LogP) is 0.954. The second-order valence-electron chi connectivity index (χ2n) is 11.5. The Balaban J connectivity index is 1.45. The molecule has 3 amide bonds. The second kappa shape index (κ2) is 13.6. The number of Topliss-reactive ketones (excluding diaryl/α,β-unsaturated/α-hetero) is 1. The zero-order valence-electron chi connectivity index (χ0n) is 24.1. The molecule has 3 aliphatic rings. The molecule has 2 fully saturated rings. The maximum Gasteiger partial charge on any atom is 0.243 e. The number of aryl methyl sites for hydroxylation is 1. The number of nitrogens with one attached hydrogen (secondary N) is 4. The van der Waals surface area contributed by atoms with E-state index in [9.17, 15) is 24.3 Å². The van der Waals surface area contributed by atoms with Crippen molar-refractivity contribution in [2.75, 3.05) is 26.3 Å². The van der Waals surface area contributed by atoms with E-state index in [1.807, 2.05) is 0 Å². The van der Waals surface area contributed by atoms with Gasteiger partial charge in [-0.2, -0.15) is 0 Å². The predicted molar refractivity (Wildman–Crippen MR) is 151 cm³/mol. The van der Waals surface area contributed by atoms with E-state index in [-0.39, 0.29) is 36.4 Å². The molecule has 1 aliphatic carbocycles. The SMILES string of the molecule is Cc1ccc(C[C@H](NC(=O)[C@H](C)NC(=O)CC2CNCCO2)C(=O)N[C@@H](CC2=CCCC2)C(=O)[C@@]2(C)CO2)cc1O. The monoisotopic (exact) mass is 570 g/mol. The molecule has 41 heavy (non-hydrogen) atoms. The van der Waals surface area contributed by atoms with Gasteiger partial charge in [-0.25, -0.2) is 0 Å². The quantitative estimate of drug-likeness (QED) is 0.173. The zero-order chi connectivity index (χ0) is 29.6. The highest BCUT2D eigenvalue weighted by Crippen LogP contribution is 2.31. The van der Waals surface area contributed by atoms with E-state index in [4.69, 9.17) is 9.47 Å². The molecular weight excluding hydrogens is 528 g/mol. The molecule has 1 aromatic rings. The Kier molecular flexibility index (Phi) is 10.2. The maximum atomic E-state index is 13.7. The minimum atomic E-state index is -1.06. The fourth-order valence-electron chi connectivity index (χ4n) is 5.13. The molecule has 11 nitrogen and oxygen atoms in total. The lowest BCUT2D eigenvalue weighted by Crippen LogP contribution is -2.57. The third-order valence-electron chi connectivity index (χ3n) is 7.87. The number of phenolic OH excluding ortho intramolecular Hbond substituents is 1. The number of phenols is 1. The molecule has 0 aromatic heterocycles. The Morgan fingerprint density at radius 2 is 1.88 bits per heavy atom. The van der Waals surface area contributed by atoms with Crippen LogP contribution in [0.2, 0.25) is 0 Å². The van der Waals surface area contributed by atoms with E-state index in [0.717, 1.165) is 31.4 Å². The molecule has 0 saturated carbocycles. The average molecular weight is 571 g/mol. The van der Waals surface area contributed by atoms with E-state index < -0.39 is 35.5 Å². The standard InChI is InChI=1S/C30H42N4O7/c1-18-8-9-21(14-25(18)35)13-24(34-28(38)19(2)32-26(36)15-22-16-31-10-11-40-22)29(39)33-23(12-20-6-4-5-7-20)27(37)30(3)17-41-30/h6,8-9,14,19,22-24,31,35H,4-5,7,10-13,15-17H2,1-3H3,(H,32,36)(H,33,39)(H,34,38)/t19-,22?,23-,24-,30+/m0/s1. The van der Waals surface area contributed by atoms with Gasteiger partial charge in [-0.3, -0.25) is 19.2 Å². The molecule has 1 unspecified atom stereocenters. The van der Waals surface area contributed by atoms with Crippen LogP contribution in [-0.4, -0.2) is 84.7 Å². The minimum absolute atomic E-state index is 0.0744. The summed E-state index contributed by atoms with van der Waals surface area (Å²) in [7, 11) is 0. The molecule has 0 spiro atoms. The van der Waals surface area contributed by atoms with Crippen molar-refractivity contribution in [1.82, 2.24) is 21.3 Å². The number of carbonyl (C=O) groups is 4. The van der Waals surface area contributed by atoms with E-state index >= 15 is 0 Å². The van der Waals surface area contributed by atoms with Gasteiger partial charge in [-0.05, 0) is 63.6 Å². The molecule has 2 saturated heterocycles. The van der Waals surface area contributed by atoms with Gasteiger partial charge in [-0.1, -0.05) is 23.8 Å². The minimum Gasteiger partial charge on any atom is -0.508 e. The molecule has 2 aliphatic heterocycles. The van der Waals surface area contributed by atoms with Crippen LogP contribution < -0.4 is 21.3 Å². The lowest BCUT2D eigenvalue weighted by Gasteiger charge is -2.26. The Morgan fingerprint density at radius 1 is 1.12 bits per heavy atom. The van der Waals surface area contributed by atoms with Gasteiger partial charge in [0.1, 0.15) is 23.4 Å². The van der Waals surface area contributed by atoms with Crippen molar-refractivity contribution in [1.29, 1.82) is 0 Å². The highest BCUT2D eigenvalue weighted by molar-refractivity contribution is 5.98. The summed E-state index contributed by atoms with van der Waals surface area (Å²) in [6.45, 7) is 7.13. The topological polar surface area (TPSA) is 158 Å². The summed E-state index contributed by atoms with van der Waals surface area (Å²) in [6, 6.07) is 2.28. The fraction of sp³-hybridized carbons (Fsp3) is 0.600. The lowest BCUT2D eigenvalue weighted by molar-refractivity contribution is -0.134. The van der Waals surface area contributed by atoms with Crippen LogP contribution in [0.3, 0.4) is 0 Å². The molecule has 4 rings (SSSR count).